The molecule has 1 aromatic rings. The van der Waals surface area contributed by atoms with Crippen LogP contribution in [0.3, 0.4) is 0 Å². The third kappa shape index (κ3) is 5.85. The average molecular weight is 296 g/mol. The Labute approximate surface area is 130 Å². The Hall–Kier alpha value is -0.530. The average Bonchev–Trinajstić information content (AvgIpc) is 2.28. The highest BCUT2D eigenvalue weighted by molar-refractivity contribution is 6.31. The maximum absolute atomic E-state index is 6.39. The van der Waals surface area contributed by atoms with E-state index in [1.54, 1.807) is 0 Å². The molecule has 0 amide bonds. The number of nitrogens with one attached hydrogen (secondary N) is 1. The Morgan fingerprint density at radius 2 is 1.80 bits per heavy atom. The summed E-state index contributed by atoms with van der Waals surface area (Å²) >= 11 is 6.39. The van der Waals surface area contributed by atoms with E-state index in [0.29, 0.717) is 11.8 Å². The summed E-state index contributed by atoms with van der Waals surface area (Å²) in [4.78, 5) is 0. The van der Waals surface area contributed by atoms with Gasteiger partial charge in [0.25, 0.3) is 0 Å². The highest BCUT2D eigenvalue weighted by Gasteiger charge is 2.25. The Kier molecular flexibility index (Phi) is 6.54. The summed E-state index contributed by atoms with van der Waals surface area (Å²) < 4.78 is 0. The van der Waals surface area contributed by atoms with Gasteiger partial charge in [-0.1, -0.05) is 58.4 Å². The van der Waals surface area contributed by atoms with Gasteiger partial charge in [0.1, 0.15) is 0 Å². The van der Waals surface area contributed by atoms with E-state index in [1.165, 1.54) is 11.1 Å². The molecule has 1 atom stereocenters. The first-order valence-electron chi connectivity index (χ1n) is 7.66. The molecule has 0 aliphatic heterocycles. The predicted molar refractivity (Wildman–Crippen MR) is 90.5 cm³/mol. The minimum absolute atomic E-state index is 0.276. The van der Waals surface area contributed by atoms with Crippen LogP contribution in [-0.2, 0) is 6.42 Å². The molecule has 2 heteroatoms. The standard InChI is InChI=1S/C18H30ClN/c1-13(2)11-20-12-16(18(4,5)6)10-15-8-7-14(3)9-17(15)19/h7-9,13,16,20H,10-12H2,1-6H3. The largest absolute Gasteiger partial charge is 0.316 e. The topological polar surface area (TPSA) is 12.0 Å². The maximum atomic E-state index is 6.39. The highest BCUT2D eigenvalue weighted by Crippen LogP contribution is 2.31. The van der Waals surface area contributed by atoms with Gasteiger partial charge in [-0.15, -0.1) is 0 Å². The predicted octanol–water partition coefficient (Wildman–Crippen LogP) is 5.10. The van der Waals surface area contributed by atoms with Crippen molar-refractivity contribution in [3.05, 3.63) is 34.3 Å². The molecule has 0 spiro atoms. The van der Waals surface area contributed by atoms with Crippen LogP contribution in [0.1, 0.15) is 45.7 Å². The lowest BCUT2D eigenvalue weighted by molar-refractivity contribution is 0.228. The van der Waals surface area contributed by atoms with Gasteiger partial charge < -0.3 is 5.32 Å². The molecule has 20 heavy (non-hydrogen) atoms. The number of benzene rings is 1. The Morgan fingerprint density at radius 3 is 2.30 bits per heavy atom. The van der Waals surface area contributed by atoms with Gasteiger partial charge in [0, 0.05) is 5.02 Å². The van der Waals surface area contributed by atoms with Crippen molar-refractivity contribution in [2.24, 2.45) is 17.3 Å². The van der Waals surface area contributed by atoms with E-state index in [9.17, 15) is 0 Å². The van der Waals surface area contributed by atoms with Gasteiger partial charge in [-0.3, -0.25) is 0 Å². The van der Waals surface area contributed by atoms with Gasteiger partial charge >= 0.3 is 0 Å². The fourth-order valence-corrected chi connectivity index (χ4v) is 2.63. The molecule has 0 fully saturated rings. The maximum Gasteiger partial charge on any atom is 0.0440 e. The van der Waals surface area contributed by atoms with Crippen molar-refractivity contribution < 1.29 is 0 Å². The molecule has 0 aromatic heterocycles. The van der Waals surface area contributed by atoms with Gasteiger partial charge in [0.2, 0.25) is 0 Å². The molecular formula is C18H30ClN. The smallest absolute Gasteiger partial charge is 0.0440 e. The summed E-state index contributed by atoms with van der Waals surface area (Å²) in [6.07, 6.45) is 1.04. The first-order valence-corrected chi connectivity index (χ1v) is 8.03. The summed E-state index contributed by atoms with van der Waals surface area (Å²) in [5.74, 6) is 1.28. The van der Waals surface area contributed by atoms with Crippen LogP contribution in [0.5, 0.6) is 0 Å². The molecule has 0 aliphatic carbocycles. The summed E-state index contributed by atoms with van der Waals surface area (Å²) in [5.41, 5.74) is 2.77. The number of hydrogen-bond acceptors (Lipinski definition) is 1. The lowest BCUT2D eigenvalue weighted by atomic mass is 9.77. The molecule has 0 radical (unpaired) electrons. The van der Waals surface area contributed by atoms with Crippen molar-refractivity contribution in [1.82, 2.24) is 5.32 Å². The molecule has 0 saturated carbocycles. The highest BCUT2D eigenvalue weighted by atomic mass is 35.5. The summed E-state index contributed by atoms with van der Waals surface area (Å²) in [7, 11) is 0. The van der Waals surface area contributed by atoms with Crippen molar-refractivity contribution in [2.75, 3.05) is 13.1 Å². The Bertz CT molecular complexity index is 418. The van der Waals surface area contributed by atoms with Crippen molar-refractivity contribution in [1.29, 1.82) is 0 Å². The number of hydrogen-bond donors (Lipinski definition) is 1. The van der Waals surface area contributed by atoms with E-state index in [-0.39, 0.29) is 5.41 Å². The van der Waals surface area contributed by atoms with E-state index < -0.39 is 0 Å². The van der Waals surface area contributed by atoms with Gasteiger partial charge in [-0.25, -0.2) is 0 Å². The fraction of sp³-hybridized carbons (Fsp3) is 0.667. The molecule has 0 aliphatic rings. The Morgan fingerprint density at radius 1 is 1.15 bits per heavy atom. The lowest BCUT2D eigenvalue weighted by Gasteiger charge is -2.32. The first-order chi connectivity index (χ1) is 9.20. The summed E-state index contributed by atoms with van der Waals surface area (Å²) in [5, 5.41) is 4.51. The monoisotopic (exact) mass is 295 g/mol. The van der Waals surface area contributed by atoms with Crippen LogP contribution in [0, 0.1) is 24.2 Å². The first kappa shape index (κ1) is 17.5. The van der Waals surface area contributed by atoms with Gasteiger partial charge in [0.15, 0.2) is 0 Å². The third-order valence-corrected chi connectivity index (χ3v) is 4.19. The van der Waals surface area contributed by atoms with Crippen LogP contribution in [0.4, 0.5) is 0 Å². The van der Waals surface area contributed by atoms with E-state index in [2.05, 4.69) is 65.1 Å². The van der Waals surface area contributed by atoms with Crippen LogP contribution in [0.25, 0.3) is 0 Å². The van der Waals surface area contributed by atoms with E-state index in [0.717, 1.165) is 24.5 Å². The molecule has 1 N–H and O–H groups in total. The fourth-order valence-electron chi connectivity index (χ4n) is 2.31. The molecule has 1 nitrogen and oxygen atoms in total. The van der Waals surface area contributed by atoms with Crippen molar-refractivity contribution in [3.8, 4) is 0 Å². The van der Waals surface area contributed by atoms with E-state index >= 15 is 0 Å². The van der Waals surface area contributed by atoms with Crippen LogP contribution >= 0.6 is 11.6 Å². The quantitative estimate of drug-likeness (QED) is 0.770. The molecule has 1 aromatic carbocycles. The number of rotatable bonds is 6. The third-order valence-electron chi connectivity index (χ3n) is 3.84. The molecule has 0 saturated heterocycles. The number of aryl methyl sites for hydroxylation is 1. The van der Waals surface area contributed by atoms with Crippen LogP contribution < -0.4 is 5.32 Å². The van der Waals surface area contributed by atoms with E-state index in [1.807, 2.05) is 0 Å². The van der Waals surface area contributed by atoms with Crippen molar-refractivity contribution in [2.45, 2.75) is 48.0 Å². The Balaban J connectivity index is 2.74. The van der Waals surface area contributed by atoms with Gasteiger partial charge in [-0.05, 0) is 60.9 Å². The zero-order valence-electron chi connectivity index (χ0n) is 13.9. The zero-order valence-corrected chi connectivity index (χ0v) is 14.6. The number of halogens is 1. The van der Waals surface area contributed by atoms with E-state index in [4.69, 9.17) is 11.6 Å². The molecule has 0 bridgehead atoms. The molecular weight excluding hydrogens is 266 g/mol. The van der Waals surface area contributed by atoms with Gasteiger partial charge in [0.05, 0.1) is 0 Å². The molecule has 1 unspecified atom stereocenters. The summed E-state index contributed by atoms with van der Waals surface area (Å²) in [6.45, 7) is 15.7. The second-order valence-corrected chi connectivity index (χ2v) is 7.82. The molecule has 114 valence electrons. The SMILES string of the molecule is Cc1ccc(CC(CNCC(C)C)C(C)(C)C)c(Cl)c1. The lowest BCUT2D eigenvalue weighted by Crippen LogP contribution is -2.35. The zero-order chi connectivity index (χ0) is 15.3. The van der Waals surface area contributed by atoms with Crippen molar-refractivity contribution in [3.63, 3.8) is 0 Å². The van der Waals surface area contributed by atoms with Crippen LogP contribution in [-0.4, -0.2) is 13.1 Å². The van der Waals surface area contributed by atoms with Crippen LogP contribution in [0.2, 0.25) is 5.02 Å². The van der Waals surface area contributed by atoms with Gasteiger partial charge in [-0.2, -0.15) is 0 Å². The summed E-state index contributed by atoms with van der Waals surface area (Å²) in [6, 6.07) is 6.40. The van der Waals surface area contributed by atoms with Crippen LogP contribution in [0.15, 0.2) is 18.2 Å². The minimum Gasteiger partial charge on any atom is -0.316 e. The second-order valence-electron chi connectivity index (χ2n) is 7.41. The molecule has 1 rings (SSSR count). The second kappa shape index (κ2) is 7.47. The normalized spacial score (nSPS) is 13.8. The minimum atomic E-state index is 0.276. The molecule has 0 heterocycles. The van der Waals surface area contributed by atoms with Crippen molar-refractivity contribution >= 4 is 11.6 Å².